The van der Waals surface area contributed by atoms with E-state index in [4.69, 9.17) is 0 Å². The van der Waals surface area contributed by atoms with Gasteiger partial charge in [0.15, 0.2) is 0 Å². The van der Waals surface area contributed by atoms with Crippen molar-refractivity contribution in [2.24, 2.45) is 0 Å². The number of pyridine rings is 4. The lowest BCUT2D eigenvalue weighted by atomic mass is 9.98. The third-order valence-corrected chi connectivity index (χ3v) is 6.14. The maximum Gasteiger partial charge on any atom is 0.0892 e. The molecule has 0 unspecified atom stereocenters. The molecule has 4 heterocycles. The molecule has 0 saturated carbocycles. The van der Waals surface area contributed by atoms with E-state index in [9.17, 15) is 0 Å². The number of hydrogen-bond acceptors (Lipinski definition) is 4. The van der Waals surface area contributed by atoms with Crippen LogP contribution in [0, 0.1) is 0 Å². The van der Waals surface area contributed by atoms with Crippen LogP contribution < -0.4 is 0 Å². The minimum Gasteiger partial charge on any atom is -0.255 e. The minimum atomic E-state index is 0.870. The SMILES string of the molecule is c1ccc(-c2cc(-c3ccc(-c4ccc(-c5ccnc(-c6ccccn6)c5)cc4)cc3)ccn2)nc1. The molecule has 0 radical (unpaired) electrons. The Balaban J connectivity index is 1.23. The van der Waals surface area contributed by atoms with Gasteiger partial charge in [-0.1, -0.05) is 60.7 Å². The van der Waals surface area contributed by atoms with Gasteiger partial charge in [0.2, 0.25) is 0 Å². The summed E-state index contributed by atoms with van der Waals surface area (Å²) >= 11 is 0. The summed E-state index contributed by atoms with van der Waals surface area (Å²) in [6, 6.07) is 37.2. The van der Waals surface area contributed by atoms with Gasteiger partial charge in [-0.25, -0.2) is 0 Å². The van der Waals surface area contributed by atoms with Crippen molar-refractivity contribution in [3.63, 3.8) is 0 Å². The molecule has 0 amide bonds. The first-order chi connectivity index (χ1) is 17.8. The molecule has 4 heteroatoms. The summed E-state index contributed by atoms with van der Waals surface area (Å²) in [6.07, 6.45) is 7.25. The van der Waals surface area contributed by atoms with Gasteiger partial charge in [-0.3, -0.25) is 19.9 Å². The third kappa shape index (κ3) is 4.52. The van der Waals surface area contributed by atoms with Gasteiger partial charge in [0.1, 0.15) is 0 Å². The highest BCUT2D eigenvalue weighted by Gasteiger charge is 2.07. The van der Waals surface area contributed by atoms with Gasteiger partial charge in [-0.2, -0.15) is 0 Å². The molecule has 0 aliphatic rings. The van der Waals surface area contributed by atoms with Gasteiger partial charge in [0, 0.05) is 24.8 Å². The first kappa shape index (κ1) is 21.6. The molecule has 0 fully saturated rings. The molecule has 0 aliphatic carbocycles. The van der Waals surface area contributed by atoms with Crippen LogP contribution >= 0.6 is 0 Å². The molecule has 2 aromatic carbocycles. The number of benzene rings is 2. The summed E-state index contributed by atoms with van der Waals surface area (Å²) in [5, 5.41) is 0. The molecule has 6 aromatic rings. The summed E-state index contributed by atoms with van der Waals surface area (Å²) in [7, 11) is 0. The third-order valence-electron chi connectivity index (χ3n) is 6.14. The zero-order chi connectivity index (χ0) is 24.2. The maximum atomic E-state index is 4.49. The number of hydrogen-bond donors (Lipinski definition) is 0. The Morgan fingerprint density at radius 3 is 1.00 bits per heavy atom. The maximum absolute atomic E-state index is 4.49. The molecule has 0 spiro atoms. The standard InChI is InChI=1S/C32H22N4/c1-3-17-33-29(5-1)31-21-27(15-19-35-31)25-11-7-23(8-12-25)24-9-13-26(14-10-24)28-16-20-36-32(22-28)30-6-2-4-18-34-30/h1-22H. The molecule has 0 aliphatic heterocycles. The Morgan fingerprint density at radius 1 is 0.278 bits per heavy atom. The van der Waals surface area contributed by atoms with Gasteiger partial charge < -0.3 is 0 Å². The van der Waals surface area contributed by atoms with Crippen LogP contribution in [0.1, 0.15) is 0 Å². The van der Waals surface area contributed by atoms with E-state index in [0.29, 0.717) is 0 Å². The lowest BCUT2D eigenvalue weighted by Gasteiger charge is -2.08. The Labute approximate surface area is 210 Å². The van der Waals surface area contributed by atoms with Gasteiger partial charge in [0.25, 0.3) is 0 Å². The quantitative estimate of drug-likeness (QED) is 0.265. The molecule has 0 bridgehead atoms. The average Bonchev–Trinajstić information content (AvgIpc) is 2.98. The van der Waals surface area contributed by atoms with Crippen LogP contribution in [0.3, 0.4) is 0 Å². The number of aromatic nitrogens is 4. The van der Waals surface area contributed by atoms with Crippen molar-refractivity contribution < 1.29 is 0 Å². The molecule has 6 rings (SSSR count). The molecule has 0 atom stereocenters. The zero-order valence-electron chi connectivity index (χ0n) is 19.5. The van der Waals surface area contributed by atoms with Gasteiger partial charge in [-0.05, 0) is 81.9 Å². The Kier molecular flexibility index (Phi) is 5.83. The highest BCUT2D eigenvalue weighted by molar-refractivity contribution is 5.75. The molecular formula is C32H22N4. The van der Waals surface area contributed by atoms with Crippen molar-refractivity contribution in [3.8, 4) is 56.2 Å². The van der Waals surface area contributed by atoms with Gasteiger partial charge in [-0.15, -0.1) is 0 Å². The van der Waals surface area contributed by atoms with Crippen LogP contribution in [-0.4, -0.2) is 19.9 Å². The van der Waals surface area contributed by atoms with Crippen molar-refractivity contribution in [3.05, 3.63) is 134 Å². The van der Waals surface area contributed by atoms with Crippen molar-refractivity contribution >= 4 is 0 Å². The molecular weight excluding hydrogens is 440 g/mol. The van der Waals surface area contributed by atoms with Crippen molar-refractivity contribution in [1.29, 1.82) is 0 Å². The largest absolute Gasteiger partial charge is 0.255 e. The van der Waals surface area contributed by atoms with E-state index in [1.54, 1.807) is 12.4 Å². The number of nitrogens with zero attached hydrogens (tertiary/aromatic N) is 4. The lowest BCUT2D eigenvalue weighted by Crippen LogP contribution is -1.88. The van der Waals surface area contributed by atoms with Crippen LogP contribution in [0.2, 0.25) is 0 Å². The first-order valence-electron chi connectivity index (χ1n) is 11.8. The fourth-order valence-corrected chi connectivity index (χ4v) is 4.24. The Bertz CT molecular complexity index is 1470. The van der Waals surface area contributed by atoms with Crippen molar-refractivity contribution in [2.75, 3.05) is 0 Å². The molecule has 36 heavy (non-hydrogen) atoms. The van der Waals surface area contributed by atoms with E-state index in [1.807, 2.05) is 60.9 Å². The van der Waals surface area contributed by atoms with E-state index in [2.05, 4.69) is 80.6 Å². The monoisotopic (exact) mass is 462 g/mol. The van der Waals surface area contributed by atoms with Crippen molar-refractivity contribution in [1.82, 2.24) is 19.9 Å². The van der Waals surface area contributed by atoms with Gasteiger partial charge >= 0.3 is 0 Å². The second-order valence-electron chi connectivity index (χ2n) is 8.44. The van der Waals surface area contributed by atoms with Crippen molar-refractivity contribution in [2.45, 2.75) is 0 Å². The molecule has 0 N–H and O–H groups in total. The van der Waals surface area contributed by atoms with E-state index in [0.717, 1.165) is 45.0 Å². The summed E-state index contributed by atoms with van der Waals surface area (Å²) < 4.78 is 0. The second-order valence-corrected chi connectivity index (χ2v) is 8.44. The normalized spacial score (nSPS) is 10.8. The number of rotatable bonds is 5. The van der Waals surface area contributed by atoms with Gasteiger partial charge in [0.05, 0.1) is 22.8 Å². The van der Waals surface area contributed by atoms with E-state index < -0.39 is 0 Å². The van der Waals surface area contributed by atoms with Crippen LogP contribution in [-0.2, 0) is 0 Å². The average molecular weight is 463 g/mol. The fourth-order valence-electron chi connectivity index (χ4n) is 4.24. The predicted octanol–water partition coefficient (Wildman–Crippen LogP) is 7.60. The smallest absolute Gasteiger partial charge is 0.0892 e. The van der Waals surface area contributed by atoms with Crippen LogP contribution in [0.15, 0.2) is 134 Å². The highest BCUT2D eigenvalue weighted by atomic mass is 14.8. The minimum absolute atomic E-state index is 0.870. The topological polar surface area (TPSA) is 51.6 Å². The second kappa shape index (κ2) is 9.72. The molecule has 0 saturated heterocycles. The summed E-state index contributed by atoms with van der Waals surface area (Å²) in [5.74, 6) is 0. The van der Waals surface area contributed by atoms with E-state index in [-0.39, 0.29) is 0 Å². The summed E-state index contributed by atoms with van der Waals surface area (Å²) in [4.78, 5) is 17.8. The summed E-state index contributed by atoms with van der Waals surface area (Å²) in [6.45, 7) is 0. The molecule has 4 aromatic heterocycles. The van der Waals surface area contributed by atoms with E-state index in [1.165, 1.54) is 11.1 Å². The predicted molar refractivity (Wildman–Crippen MR) is 145 cm³/mol. The Morgan fingerprint density at radius 2 is 0.639 bits per heavy atom. The zero-order valence-corrected chi connectivity index (χ0v) is 19.5. The van der Waals surface area contributed by atoms with E-state index >= 15 is 0 Å². The highest BCUT2D eigenvalue weighted by Crippen LogP contribution is 2.29. The Hall–Kier alpha value is -4.96. The molecule has 4 nitrogen and oxygen atoms in total. The van der Waals surface area contributed by atoms with Crippen LogP contribution in [0.25, 0.3) is 56.2 Å². The fraction of sp³-hybridized carbons (Fsp3) is 0. The van der Waals surface area contributed by atoms with Crippen LogP contribution in [0.4, 0.5) is 0 Å². The summed E-state index contributed by atoms with van der Waals surface area (Å²) in [5.41, 5.74) is 10.4. The van der Waals surface area contributed by atoms with Crippen LogP contribution in [0.5, 0.6) is 0 Å². The molecule has 170 valence electrons. The first-order valence-corrected chi connectivity index (χ1v) is 11.8. The lowest BCUT2D eigenvalue weighted by molar-refractivity contribution is 1.25.